The fraction of sp³-hybridized carbons (Fsp3) is 0.310. The summed E-state index contributed by atoms with van der Waals surface area (Å²) in [6.07, 6.45) is 0.918. The number of hydrogen-bond donors (Lipinski definition) is 1. The van der Waals surface area contributed by atoms with Crippen molar-refractivity contribution in [3.8, 4) is 0 Å². The van der Waals surface area contributed by atoms with Gasteiger partial charge in [0.25, 0.3) is 0 Å². The molecule has 0 aliphatic carbocycles. The largest absolute Gasteiger partial charge is 0.354 e. The van der Waals surface area contributed by atoms with Crippen LogP contribution in [0.1, 0.15) is 24.5 Å². The highest BCUT2D eigenvalue weighted by atomic mass is 35.5. The average Bonchev–Trinajstić information content (AvgIpc) is 2.94. The summed E-state index contributed by atoms with van der Waals surface area (Å²) >= 11 is 6.07. The maximum Gasteiger partial charge on any atom is 0.304 e. The second-order valence-corrected chi connectivity index (χ2v) is 11.9. The Morgan fingerprint density at radius 1 is 0.925 bits per heavy atom. The summed E-state index contributed by atoms with van der Waals surface area (Å²) in [5.41, 5.74) is 1.66. The van der Waals surface area contributed by atoms with E-state index in [1.165, 1.54) is 31.1 Å². The zero-order chi connectivity index (χ0) is 29.3. The number of amides is 2. The molecule has 1 atom stereocenters. The van der Waals surface area contributed by atoms with Gasteiger partial charge in [-0.15, -0.1) is 0 Å². The third-order valence-corrected chi connectivity index (χ3v) is 8.29. The van der Waals surface area contributed by atoms with E-state index in [4.69, 9.17) is 11.6 Å². The molecule has 3 aromatic rings. The van der Waals surface area contributed by atoms with E-state index in [0.29, 0.717) is 23.6 Å². The van der Waals surface area contributed by atoms with E-state index in [0.717, 1.165) is 26.3 Å². The van der Waals surface area contributed by atoms with E-state index >= 15 is 0 Å². The quantitative estimate of drug-likeness (QED) is 0.323. The summed E-state index contributed by atoms with van der Waals surface area (Å²) in [4.78, 5) is 28.9. The van der Waals surface area contributed by atoms with Gasteiger partial charge in [0.15, 0.2) is 0 Å². The number of nitrogens with zero attached hydrogens (tertiary/aromatic N) is 3. The van der Waals surface area contributed by atoms with Crippen molar-refractivity contribution in [2.75, 3.05) is 31.5 Å². The van der Waals surface area contributed by atoms with Crippen molar-refractivity contribution in [1.29, 1.82) is 0 Å². The molecule has 0 fully saturated rings. The number of carbonyl (C=O) groups is 2. The number of benzene rings is 3. The molecule has 11 heteroatoms. The van der Waals surface area contributed by atoms with E-state index in [-0.39, 0.29) is 24.6 Å². The minimum Gasteiger partial charge on any atom is -0.354 e. The Morgan fingerprint density at radius 2 is 1.55 bits per heavy atom. The summed E-state index contributed by atoms with van der Waals surface area (Å²) in [6, 6.07) is 20.1. The minimum atomic E-state index is -4.15. The fourth-order valence-electron chi connectivity index (χ4n) is 4.03. The van der Waals surface area contributed by atoms with Crippen molar-refractivity contribution in [1.82, 2.24) is 14.5 Å². The molecule has 2 amide bonds. The lowest BCUT2D eigenvalue weighted by Crippen LogP contribution is -2.54. The van der Waals surface area contributed by atoms with Gasteiger partial charge >= 0.3 is 10.2 Å². The van der Waals surface area contributed by atoms with Crippen LogP contribution in [0, 0.1) is 5.82 Å². The Balaban J connectivity index is 2.06. The average molecular weight is 589 g/mol. The zero-order valence-electron chi connectivity index (χ0n) is 22.8. The van der Waals surface area contributed by atoms with Crippen LogP contribution in [-0.2, 0) is 32.8 Å². The molecule has 0 spiro atoms. The van der Waals surface area contributed by atoms with Gasteiger partial charge in [-0.2, -0.15) is 12.7 Å². The molecule has 1 N–H and O–H groups in total. The first-order valence-corrected chi connectivity index (χ1v) is 14.6. The third-order valence-electron chi connectivity index (χ3n) is 6.22. The molecule has 0 radical (unpaired) electrons. The minimum absolute atomic E-state index is 0.0340. The molecular formula is C29H34ClFN4O4S. The van der Waals surface area contributed by atoms with Crippen LogP contribution >= 0.6 is 11.6 Å². The highest BCUT2D eigenvalue weighted by Gasteiger charge is 2.34. The van der Waals surface area contributed by atoms with Gasteiger partial charge in [-0.1, -0.05) is 61.0 Å². The molecule has 0 aliphatic heterocycles. The van der Waals surface area contributed by atoms with Crippen molar-refractivity contribution in [3.63, 3.8) is 0 Å². The fourth-order valence-corrected chi connectivity index (χ4v) is 5.21. The van der Waals surface area contributed by atoms with Crippen LogP contribution in [0.25, 0.3) is 0 Å². The van der Waals surface area contributed by atoms with Crippen LogP contribution < -0.4 is 9.62 Å². The molecule has 0 bridgehead atoms. The lowest BCUT2D eigenvalue weighted by molar-refractivity contribution is -0.140. The summed E-state index contributed by atoms with van der Waals surface area (Å²) in [5.74, 6) is -1.49. The molecule has 214 valence electrons. The Hall–Kier alpha value is -3.47. The first-order chi connectivity index (χ1) is 19.0. The first-order valence-electron chi connectivity index (χ1n) is 12.8. The summed E-state index contributed by atoms with van der Waals surface area (Å²) < 4.78 is 42.1. The van der Waals surface area contributed by atoms with E-state index in [2.05, 4.69) is 5.32 Å². The van der Waals surface area contributed by atoms with Gasteiger partial charge in [0.05, 0.1) is 5.69 Å². The smallest absolute Gasteiger partial charge is 0.304 e. The molecule has 3 aromatic carbocycles. The van der Waals surface area contributed by atoms with Gasteiger partial charge in [-0.05, 0) is 53.9 Å². The molecule has 0 heterocycles. The predicted octanol–water partition coefficient (Wildman–Crippen LogP) is 4.26. The van der Waals surface area contributed by atoms with Gasteiger partial charge in [-0.3, -0.25) is 9.59 Å². The Labute approximate surface area is 240 Å². The summed E-state index contributed by atoms with van der Waals surface area (Å²) in [5, 5.41) is 3.40. The van der Waals surface area contributed by atoms with Gasteiger partial charge < -0.3 is 10.2 Å². The van der Waals surface area contributed by atoms with Gasteiger partial charge in [0.2, 0.25) is 11.8 Å². The molecule has 8 nitrogen and oxygen atoms in total. The number of hydrogen-bond acceptors (Lipinski definition) is 4. The van der Waals surface area contributed by atoms with Crippen LogP contribution in [0.2, 0.25) is 5.02 Å². The number of rotatable bonds is 13. The number of carbonyl (C=O) groups excluding carboxylic acids is 2. The Kier molecular flexibility index (Phi) is 11.1. The van der Waals surface area contributed by atoms with E-state index in [9.17, 15) is 22.4 Å². The molecular weight excluding hydrogens is 555 g/mol. The highest BCUT2D eigenvalue weighted by molar-refractivity contribution is 7.90. The maximum absolute atomic E-state index is 14.1. The number of halogens is 2. The second kappa shape index (κ2) is 14.2. The van der Waals surface area contributed by atoms with Crippen LogP contribution in [0.5, 0.6) is 0 Å². The van der Waals surface area contributed by atoms with Crippen molar-refractivity contribution in [2.24, 2.45) is 0 Å². The Morgan fingerprint density at radius 3 is 2.12 bits per heavy atom. The molecule has 3 rings (SSSR count). The maximum atomic E-state index is 14.1. The van der Waals surface area contributed by atoms with E-state index in [1.807, 2.05) is 37.3 Å². The topological polar surface area (TPSA) is 90.0 Å². The van der Waals surface area contributed by atoms with Crippen molar-refractivity contribution >= 4 is 39.3 Å². The normalized spacial score (nSPS) is 12.2. The molecule has 0 unspecified atom stereocenters. The van der Waals surface area contributed by atoms with Crippen molar-refractivity contribution in [2.45, 2.75) is 32.4 Å². The lowest BCUT2D eigenvalue weighted by Gasteiger charge is -2.34. The van der Waals surface area contributed by atoms with E-state index in [1.54, 1.807) is 24.3 Å². The molecule has 0 saturated carbocycles. The van der Waals surface area contributed by atoms with Gasteiger partial charge in [-0.25, -0.2) is 8.70 Å². The summed E-state index contributed by atoms with van der Waals surface area (Å²) in [6.45, 7) is 1.78. The first kappa shape index (κ1) is 31.1. The highest BCUT2D eigenvalue weighted by Crippen LogP contribution is 2.22. The second-order valence-electron chi connectivity index (χ2n) is 9.42. The number of anilines is 1. The molecule has 0 saturated heterocycles. The molecule has 0 aromatic heterocycles. The number of nitrogens with one attached hydrogen (secondary N) is 1. The lowest BCUT2D eigenvalue weighted by atomic mass is 10.0. The van der Waals surface area contributed by atoms with Crippen molar-refractivity contribution in [3.05, 3.63) is 101 Å². The molecule has 40 heavy (non-hydrogen) atoms. The zero-order valence-corrected chi connectivity index (χ0v) is 24.3. The van der Waals surface area contributed by atoms with Gasteiger partial charge in [0, 0.05) is 38.6 Å². The monoisotopic (exact) mass is 588 g/mol. The van der Waals surface area contributed by atoms with E-state index < -0.39 is 34.5 Å². The van der Waals surface area contributed by atoms with Gasteiger partial charge in [0.1, 0.15) is 18.4 Å². The van der Waals surface area contributed by atoms with Crippen LogP contribution in [-0.4, -0.2) is 62.7 Å². The van der Waals surface area contributed by atoms with Crippen molar-refractivity contribution < 1.29 is 22.4 Å². The van der Waals surface area contributed by atoms with Crippen LogP contribution in [0.4, 0.5) is 10.1 Å². The SMILES string of the molecule is CCCNC(=O)[C@H](Cc1ccccc1)N(Cc1ccc(Cl)cc1)C(=O)CN(c1ccc(F)cc1)S(=O)(=O)N(C)C. The third kappa shape index (κ3) is 8.27. The predicted molar refractivity (Wildman–Crippen MR) is 156 cm³/mol. The van der Waals surface area contributed by atoms with Crippen LogP contribution in [0.3, 0.4) is 0 Å². The van der Waals surface area contributed by atoms with Crippen LogP contribution in [0.15, 0.2) is 78.9 Å². The standard InChI is InChI=1S/C29H34ClFN4O4S/c1-4-18-32-29(37)27(19-22-8-6-5-7-9-22)34(20-23-10-12-24(30)13-11-23)28(36)21-35(40(38,39)33(2)3)26-16-14-25(31)15-17-26/h5-17,27H,4,18-21H2,1-3H3,(H,32,37)/t27-/m0/s1. The Bertz CT molecular complexity index is 1370. The molecule has 0 aliphatic rings. The summed E-state index contributed by atoms with van der Waals surface area (Å²) in [7, 11) is -1.46.